The standard InChI is InChI=1S/C21H30N2O2S/c1-20(2,3)15-18(24)22-13-10-21(11-14-22)23(19(25)16-26-21)12-9-17-7-5-4-6-8-17/h4-8H,9-16H2,1-3H3. The lowest BCUT2D eigenvalue weighted by Crippen LogP contribution is -2.53. The molecule has 2 saturated heterocycles. The molecular weight excluding hydrogens is 344 g/mol. The molecule has 4 nitrogen and oxygen atoms in total. The SMILES string of the molecule is CC(C)(C)CC(=O)N1CCC2(CC1)SCC(=O)N2CCc1ccccc1. The van der Waals surface area contributed by atoms with Gasteiger partial charge in [-0.25, -0.2) is 0 Å². The van der Waals surface area contributed by atoms with Crippen molar-refractivity contribution in [1.82, 2.24) is 9.80 Å². The molecule has 1 spiro atoms. The van der Waals surface area contributed by atoms with Crippen molar-refractivity contribution in [3.63, 3.8) is 0 Å². The summed E-state index contributed by atoms with van der Waals surface area (Å²) in [6.45, 7) is 8.60. The molecule has 5 heteroatoms. The van der Waals surface area contributed by atoms with Crippen LogP contribution in [0, 0.1) is 5.41 Å². The summed E-state index contributed by atoms with van der Waals surface area (Å²) in [5.41, 5.74) is 1.29. The number of rotatable bonds is 4. The van der Waals surface area contributed by atoms with Crippen LogP contribution in [0.25, 0.3) is 0 Å². The minimum Gasteiger partial charge on any atom is -0.342 e. The number of amides is 2. The largest absolute Gasteiger partial charge is 0.342 e. The first-order valence-electron chi connectivity index (χ1n) is 9.55. The van der Waals surface area contributed by atoms with Gasteiger partial charge in [-0.1, -0.05) is 51.1 Å². The van der Waals surface area contributed by atoms with E-state index in [4.69, 9.17) is 0 Å². The second kappa shape index (κ2) is 7.63. The van der Waals surface area contributed by atoms with E-state index in [1.54, 1.807) is 11.8 Å². The van der Waals surface area contributed by atoms with Crippen molar-refractivity contribution < 1.29 is 9.59 Å². The van der Waals surface area contributed by atoms with E-state index in [0.717, 1.165) is 38.9 Å². The highest BCUT2D eigenvalue weighted by molar-refractivity contribution is 8.01. The number of nitrogens with zero attached hydrogens (tertiary/aromatic N) is 2. The molecule has 0 saturated carbocycles. The number of hydrogen-bond donors (Lipinski definition) is 0. The number of thioether (sulfide) groups is 1. The van der Waals surface area contributed by atoms with Crippen molar-refractivity contribution in [2.24, 2.45) is 5.41 Å². The minimum atomic E-state index is -0.107. The first-order chi connectivity index (χ1) is 12.3. The van der Waals surface area contributed by atoms with Crippen LogP contribution in [0.15, 0.2) is 30.3 Å². The average Bonchev–Trinajstić information content (AvgIpc) is 2.89. The van der Waals surface area contributed by atoms with Gasteiger partial charge in [-0.2, -0.15) is 0 Å². The molecule has 2 aliphatic heterocycles. The third-order valence-electron chi connectivity index (χ3n) is 5.30. The monoisotopic (exact) mass is 374 g/mol. The smallest absolute Gasteiger partial charge is 0.233 e. The Hall–Kier alpha value is -1.49. The quantitative estimate of drug-likeness (QED) is 0.809. The van der Waals surface area contributed by atoms with E-state index in [2.05, 4.69) is 37.8 Å². The molecule has 2 aliphatic rings. The molecule has 0 radical (unpaired) electrons. The predicted molar refractivity (Wildman–Crippen MR) is 107 cm³/mol. The lowest BCUT2D eigenvalue weighted by atomic mass is 9.91. The molecule has 142 valence electrons. The van der Waals surface area contributed by atoms with Gasteiger partial charge in [-0.15, -0.1) is 11.8 Å². The summed E-state index contributed by atoms with van der Waals surface area (Å²) in [6, 6.07) is 10.4. The van der Waals surface area contributed by atoms with Gasteiger partial charge >= 0.3 is 0 Å². The number of benzene rings is 1. The summed E-state index contributed by atoms with van der Waals surface area (Å²) in [7, 11) is 0. The zero-order chi connectivity index (χ0) is 18.8. The van der Waals surface area contributed by atoms with Crippen LogP contribution in [0.2, 0.25) is 0 Å². The van der Waals surface area contributed by atoms with Gasteiger partial charge in [-0.05, 0) is 30.2 Å². The summed E-state index contributed by atoms with van der Waals surface area (Å²) < 4.78 is 0. The predicted octanol–water partition coefficient (Wildman–Crippen LogP) is 3.56. The Labute approximate surface area is 161 Å². The molecule has 0 atom stereocenters. The molecule has 0 bridgehead atoms. The Morgan fingerprint density at radius 2 is 1.81 bits per heavy atom. The number of hydrogen-bond acceptors (Lipinski definition) is 3. The lowest BCUT2D eigenvalue weighted by Gasteiger charge is -2.44. The first kappa shape index (κ1) is 19.3. The van der Waals surface area contributed by atoms with Crippen LogP contribution >= 0.6 is 11.8 Å². The van der Waals surface area contributed by atoms with Crippen LogP contribution in [0.5, 0.6) is 0 Å². The van der Waals surface area contributed by atoms with Crippen LogP contribution in [-0.4, -0.2) is 51.9 Å². The molecule has 1 aromatic rings. The Bertz CT molecular complexity index is 646. The summed E-state index contributed by atoms with van der Waals surface area (Å²) in [5, 5.41) is 0. The molecule has 26 heavy (non-hydrogen) atoms. The van der Waals surface area contributed by atoms with Crippen LogP contribution in [0.3, 0.4) is 0 Å². The molecule has 0 aromatic heterocycles. The third kappa shape index (κ3) is 4.43. The summed E-state index contributed by atoms with van der Waals surface area (Å²) in [4.78, 5) is 29.0. The van der Waals surface area contributed by atoms with Crippen LogP contribution in [0.4, 0.5) is 0 Å². The van der Waals surface area contributed by atoms with Crippen molar-refractivity contribution in [2.75, 3.05) is 25.4 Å². The highest BCUT2D eigenvalue weighted by Crippen LogP contribution is 2.44. The van der Waals surface area contributed by atoms with Gasteiger partial charge in [0.2, 0.25) is 11.8 Å². The fourth-order valence-corrected chi connectivity index (χ4v) is 5.25. The highest BCUT2D eigenvalue weighted by Gasteiger charge is 2.48. The van der Waals surface area contributed by atoms with E-state index in [0.29, 0.717) is 12.2 Å². The van der Waals surface area contributed by atoms with Gasteiger partial charge in [0.25, 0.3) is 0 Å². The minimum absolute atomic E-state index is 0.0199. The van der Waals surface area contributed by atoms with Crippen LogP contribution in [0.1, 0.15) is 45.6 Å². The van der Waals surface area contributed by atoms with Crippen molar-refractivity contribution in [3.05, 3.63) is 35.9 Å². The lowest BCUT2D eigenvalue weighted by molar-refractivity contribution is -0.136. The summed E-state index contributed by atoms with van der Waals surface area (Å²) in [5.74, 6) is 1.07. The summed E-state index contributed by atoms with van der Waals surface area (Å²) >= 11 is 1.78. The maximum atomic E-state index is 12.5. The fourth-order valence-electron chi connectivity index (χ4n) is 3.88. The normalized spacial score (nSPS) is 20.0. The molecule has 2 heterocycles. The van der Waals surface area contributed by atoms with Crippen molar-refractivity contribution in [1.29, 1.82) is 0 Å². The maximum absolute atomic E-state index is 12.5. The van der Waals surface area contributed by atoms with Crippen LogP contribution < -0.4 is 0 Å². The number of carbonyl (C=O) groups is 2. The van der Waals surface area contributed by atoms with E-state index < -0.39 is 0 Å². The molecule has 0 N–H and O–H groups in total. The zero-order valence-electron chi connectivity index (χ0n) is 16.2. The highest BCUT2D eigenvalue weighted by atomic mass is 32.2. The Morgan fingerprint density at radius 3 is 2.42 bits per heavy atom. The average molecular weight is 375 g/mol. The number of likely N-dealkylation sites (tertiary alicyclic amines) is 1. The number of piperidine rings is 1. The Kier molecular flexibility index (Phi) is 5.66. The molecule has 0 aliphatic carbocycles. The van der Waals surface area contributed by atoms with Crippen molar-refractivity contribution in [3.8, 4) is 0 Å². The van der Waals surface area contributed by atoms with Crippen molar-refractivity contribution >= 4 is 23.6 Å². The number of carbonyl (C=O) groups excluding carboxylic acids is 2. The molecular formula is C21H30N2O2S. The van der Waals surface area contributed by atoms with Gasteiger partial charge in [0.1, 0.15) is 0 Å². The van der Waals surface area contributed by atoms with Crippen molar-refractivity contribution in [2.45, 2.75) is 51.3 Å². The van der Waals surface area contributed by atoms with Gasteiger partial charge < -0.3 is 9.80 Å². The molecule has 1 aromatic carbocycles. The molecule has 2 fully saturated rings. The van der Waals surface area contributed by atoms with Gasteiger partial charge in [0, 0.05) is 26.1 Å². The molecule has 2 amide bonds. The Balaban J connectivity index is 1.60. The maximum Gasteiger partial charge on any atom is 0.233 e. The van der Waals surface area contributed by atoms with E-state index >= 15 is 0 Å². The summed E-state index contributed by atoms with van der Waals surface area (Å²) in [6.07, 6.45) is 3.24. The van der Waals surface area contributed by atoms with Gasteiger partial charge in [-0.3, -0.25) is 9.59 Å². The van der Waals surface area contributed by atoms with Gasteiger partial charge in [0.15, 0.2) is 0 Å². The van der Waals surface area contributed by atoms with E-state index in [9.17, 15) is 9.59 Å². The second-order valence-electron chi connectivity index (χ2n) is 8.63. The molecule has 0 unspecified atom stereocenters. The fraction of sp³-hybridized carbons (Fsp3) is 0.619. The topological polar surface area (TPSA) is 40.6 Å². The zero-order valence-corrected chi connectivity index (χ0v) is 17.0. The Morgan fingerprint density at radius 1 is 1.15 bits per heavy atom. The third-order valence-corrected chi connectivity index (χ3v) is 6.86. The first-order valence-corrected chi connectivity index (χ1v) is 10.5. The van der Waals surface area contributed by atoms with E-state index in [1.807, 2.05) is 23.1 Å². The van der Waals surface area contributed by atoms with E-state index in [1.165, 1.54) is 5.56 Å². The van der Waals surface area contributed by atoms with Crippen LogP contribution in [-0.2, 0) is 16.0 Å². The second-order valence-corrected chi connectivity index (χ2v) is 9.97. The molecule has 3 rings (SSSR count). The van der Waals surface area contributed by atoms with Gasteiger partial charge in [0.05, 0.1) is 10.6 Å². The van der Waals surface area contributed by atoms with E-state index in [-0.39, 0.29) is 22.1 Å².